The number of aliphatic hydroxyl groups excluding tert-OH is 1. The number of halogens is 1. The number of aliphatic hydroxyl groups is 1. The average Bonchev–Trinajstić information content (AvgIpc) is 3.48. The molecule has 2 aromatic carbocycles. The van der Waals surface area contributed by atoms with Gasteiger partial charge in [-0.2, -0.15) is 0 Å². The summed E-state index contributed by atoms with van der Waals surface area (Å²) in [6, 6.07) is 14.9. The van der Waals surface area contributed by atoms with Crippen LogP contribution in [-0.2, 0) is 22.6 Å². The molecule has 1 fully saturated rings. The number of carbonyl (C=O) groups is 2. The molecule has 2 unspecified atom stereocenters. The van der Waals surface area contributed by atoms with Gasteiger partial charge in [-0.3, -0.25) is 9.59 Å². The second-order valence-corrected chi connectivity index (χ2v) is 8.45. The van der Waals surface area contributed by atoms with E-state index in [1.807, 2.05) is 13.0 Å². The first-order chi connectivity index (χ1) is 15.4. The van der Waals surface area contributed by atoms with Gasteiger partial charge >= 0.3 is 0 Å². The second kappa shape index (κ2) is 7.88. The van der Waals surface area contributed by atoms with Crippen LogP contribution in [0.1, 0.15) is 35.4 Å². The summed E-state index contributed by atoms with van der Waals surface area (Å²) in [5.41, 5.74) is 2.13. The SMILES string of the molecule is CC1Cc2cc(/C(O)=C3/C(=O)C(=O)N(Cc4ccco4)C3c3ccc(Cl)cc3)ccc2O1. The topological polar surface area (TPSA) is 80.0 Å². The van der Waals surface area contributed by atoms with E-state index < -0.39 is 17.7 Å². The minimum atomic E-state index is -0.777. The van der Waals surface area contributed by atoms with Gasteiger partial charge in [0.15, 0.2) is 0 Å². The van der Waals surface area contributed by atoms with Gasteiger partial charge in [-0.15, -0.1) is 0 Å². The zero-order chi connectivity index (χ0) is 22.4. The van der Waals surface area contributed by atoms with Crippen LogP contribution >= 0.6 is 11.6 Å². The van der Waals surface area contributed by atoms with Crippen molar-refractivity contribution in [2.24, 2.45) is 0 Å². The molecule has 0 saturated carbocycles. The minimum Gasteiger partial charge on any atom is -0.507 e. The standard InChI is InChI=1S/C25H20ClNO5/c1-14-11-17-12-16(6-9-20(17)32-14)23(28)21-22(15-4-7-18(26)8-5-15)27(25(30)24(21)29)13-19-3-2-10-31-19/h2-10,12,14,22,28H,11,13H2,1H3/b23-21-. The van der Waals surface area contributed by atoms with Gasteiger partial charge < -0.3 is 19.2 Å². The molecule has 2 atom stereocenters. The molecule has 0 radical (unpaired) electrons. The van der Waals surface area contributed by atoms with Crippen LogP contribution in [0.3, 0.4) is 0 Å². The number of likely N-dealkylation sites (tertiary alicyclic amines) is 1. The fourth-order valence-corrected chi connectivity index (χ4v) is 4.46. The molecule has 1 saturated heterocycles. The van der Waals surface area contributed by atoms with Gasteiger partial charge in [-0.05, 0) is 60.5 Å². The first-order valence-corrected chi connectivity index (χ1v) is 10.7. The third-order valence-electron chi connectivity index (χ3n) is 5.80. The van der Waals surface area contributed by atoms with Gasteiger partial charge in [-0.1, -0.05) is 23.7 Å². The predicted molar refractivity (Wildman–Crippen MR) is 118 cm³/mol. The summed E-state index contributed by atoms with van der Waals surface area (Å²) in [4.78, 5) is 27.5. The highest BCUT2D eigenvalue weighted by atomic mass is 35.5. The number of Topliss-reactive ketones (excluding diaryl/α,β-unsaturated/α-hetero) is 1. The van der Waals surface area contributed by atoms with Gasteiger partial charge in [0.1, 0.15) is 23.4 Å². The maximum absolute atomic E-state index is 13.1. The number of nitrogens with zero attached hydrogens (tertiary/aromatic N) is 1. The first kappa shape index (κ1) is 20.4. The quantitative estimate of drug-likeness (QED) is 0.349. The lowest BCUT2D eigenvalue weighted by Gasteiger charge is -2.24. The van der Waals surface area contributed by atoms with Gasteiger partial charge in [0.05, 0.1) is 24.4 Å². The van der Waals surface area contributed by atoms with Crippen molar-refractivity contribution in [3.63, 3.8) is 0 Å². The summed E-state index contributed by atoms with van der Waals surface area (Å²) in [5, 5.41) is 11.8. The number of furan rings is 1. The van der Waals surface area contributed by atoms with Crippen molar-refractivity contribution < 1.29 is 23.8 Å². The van der Waals surface area contributed by atoms with Gasteiger partial charge in [-0.25, -0.2) is 0 Å². The highest BCUT2D eigenvalue weighted by Crippen LogP contribution is 2.41. The van der Waals surface area contributed by atoms with Crippen molar-refractivity contribution in [1.82, 2.24) is 4.90 Å². The summed E-state index contributed by atoms with van der Waals surface area (Å²) in [6.45, 7) is 2.07. The summed E-state index contributed by atoms with van der Waals surface area (Å²) < 4.78 is 11.1. The van der Waals surface area contributed by atoms with Crippen molar-refractivity contribution in [2.75, 3.05) is 0 Å². The molecule has 162 valence electrons. The summed E-state index contributed by atoms with van der Waals surface area (Å²) in [5.74, 6) is -0.344. The van der Waals surface area contributed by atoms with Crippen LogP contribution in [0.25, 0.3) is 5.76 Å². The van der Waals surface area contributed by atoms with E-state index >= 15 is 0 Å². The fourth-order valence-electron chi connectivity index (χ4n) is 4.33. The number of benzene rings is 2. The molecule has 3 heterocycles. The lowest BCUT2D eigenvalue weighted by Crippen LogP contribution is -2.29. The molecule has 5 rings (SSSR count). The molecule has 1 aromatic heterocycles. The van der Waals surface area contributed by atoms with Crippen molar-refractivity contribution in [3.8, 4) is 5.75 Å². The Morgan fingerprint density at radius 2 is 1.94 bits per heavy atom. The molecule has 0 aliphatic carbocycles. The summed E-state index contributed by atoms with van der Waals surface area (Å²) in [7, 11) is 0. The van der Waals surface area contributed by atoms with Crippen LogP contribution in [0.15, 0.2) is 70.9 Å². The number of rotatable bonds is 4. The Balaban J connectivity index is 1.63. The third kappa shape index (κ3) is 3.46. The van der Waals surface area contributed by atoms with Gasteiger partial charge in [0.2, 0.25) is 0 Å². The number of fused-ring (bicyclic) bond motifs is 1. The zero-order valence-corrected chi connectivity index (χ0v) is 18.0. The monoisotopic (exact) mass is 449 g/mol. The van der Waals surface area contributed by atoms with E-state index in [1.54, 1.807) is 48.5 Å². The molecule has 7 heteroatoms. The molecule has 2 aliphatic rings. The molecular weight excluding hydrogens is 430 g/mol. The van der Waals surface area contributed by atoms with Crippen molar-refractivity contribution in [1.29, 1.82) is 0 Å². The van der Waals surface area contributed by atoms with Gasteiger partial charge in [0.25, 0.3) is 11.7 Å². The smallest absolute Gasteiger partial charge is 0.296 e. The molecule has 32 heavy (non-hydrogen) atoms. The molecule has 0 spiro atoms. The van der Waals surface area contributed by atoms with E-state index in [9.17, 15) is 14.7 Å². The Labute approximate surface area is 189 Å². The van der Waals surface area contributed by atoms with E-state index in [1.165, 1.54) is 11.2 Å². The number of ether oxygens (including phenoxy) is 1. The second-order valence-electron chi connectivity index (χ2n) is 8.01. The highest BCUT2D eigenvalue weighted by molar-refractivity contribution is 6.46. The average molecular weight is 450 g/mol. The van der Waals surface area contributed by atoms with Crippen LogP contribution in [0.2, 0.25) is 5.02 Å². The van der Waals surface area contributed by atoms with Crippen LogP contribution in [0.4, 0.5) is 0 Å². The first-order valence-electron chi connectivity index (χ1n) is 10.3. The van der Waals surface area contributed by atoms with Crippen molar-refractivity contribution in [3.05, 3.63) is 93.9 Å². The van der Waals surface area contributed by atoms with Crippen molar-refractivity contribution >= 4 is 29.1 Å². The lowest BCUT2D eigenvalue weighted by molar-refractivity contribution is -0.140. The third-order valence-corrected chi connectivity index (χ3v) is 6.05. The number of carbonyl (C=O) groups excluding carboxylic acids is 2. The molecule has 0 bridgehead atoms. The van der Waals surface area contributed by atoms with Crippen LogP contribution in [-0.4, -0.2) is 27.8 Å². The summed E-state index contributed by atoms with van der Waals surface area (Å²) >= 11 is 6.05. The highest BCUT2D eigenvalue weighted by Gasteiger charge is 2.46. The van der Waals surface area contributed by atoms with Gasteiger partial charge in [0, 0.05) is 17.0 Å². The predicted octanol–water partition coefficient (Wildman–Crippen LogP) is 4.88. The van der Waals surface area contributed by atoms with Crippen molar-refractivity contribution in [2.45, 2.75) is 32.0 Å². The number of amides is 1. The Morgan fingerprint density at radius 3 is 2.66 bits per heavy atom. The Bertz CT molecular complexity index is 1230. The maximum Gasteiger partial charge on any atom is 0.296 e. The molecular formula is C25H20ClNO5. The number of hydrogen-bond donors (Lipinski definition) is 1. The Morgan fingerprint density at radius 1 is 1.16 bits per heavy atom. The number of hydrogen-bond acceptors (Lipinski definition) is 5. The van der Waals surface area contributed by atoms with E-state index in [0.29, 0.717) is 28.3 Å². The van der Waals surface area contributed by atoms with Crippen LogP contribution in [0.5, 0.6) is 5.75 Å². The summed E-state index contributed by atoms with van der Waals surface area (Å²) in [6.07, 6.45) is 2.27. The molecule has 2 aliphatic heterocycles. The zero-order valence-electron chi connectivity index (χ0n) is 17.2. The lowest BCUT2D eigenvalue weighted by atomic mass is 9.94. The number of ketones is 1. The Hall–Kier alpha value is -3.51. The minimum absolute atomic E-state index is 0.0378. The largest absolute Gasteiger partial charge is 0.507 e. The maximum atomic E-state index is 13.1. The van der Waals surface area contributed by atoms with E-state index in [2.05, 4.69) is 0 Å². The molecule has 1 amide bonds. The normalized spacial score (nSPS) is 21.6. The van der Waals surface area contributed by atoms with E-state index in [4.69, 9.17) is 20.8 Å². The molecule has 3 aromatic rings. The van der Waals surface area contributed by atoms with E-state index in [0.717, 1.165) is 11.3 Å². The Kier molecular flexibility index (Phi) is 5.02. The molecule has 1 N–H and O–H groups in total. The van der Waals surface area contributed by atoms with E-state index in [-0.39, 0.29) is 24.0 Å². The fraction of sp³-hybridized carbons (Fsp3) is 0.200. The van der Waals surface area contributed by atoms with Crippen LogP contribution < -0.4 is 4.74 Å². The van der Waals surface area contributed by atoms with Crippen LogP contribution in [0, 0.1) is 0 Å². The molecule has 6 nitrogen and oxygen atoms in total.